The first kappa shape index (κ1) is 36.9. The predicted octanol–water partition coefficient (Wildman–Crippen LogP) is -1.28. The van der Waals surface area contributed by atoms with E-state index in [4.69, 9.17) is 0 Å². The molecule has 0 aromatic heterocycles. The molecular formula is C29H26O18. The highest BCUT2D eigenvalue weighted by molar-refractivity contribution is 6.44. The number of aliphatic hydroxyl groups excluding tert-OH is 1. The Morgan fingerprint density at radius 1 is 0.574 bits per heavy atom. The third-order valence-electron chi connectivity index (χ3n) is 6.36. The van der Waals surface area contributed by atoms with Crippen LogP contribution in [-0.4, -0.2) is 117 Å². The quantitative estimate of drug-likeness (QED) is 0.0348. The number of aliphatic carboxylic acids is 1. The Balaban J connectivity index is 3.24. The Labute approximate surface area is 262 Å². The van der Waals surface area contributed by atoms with Crippen molar-refractivity contribution in [3.8, 4) is 23.0 Å². The SMILES string of the molecule is COC(=O)/C(C(=O)C(O)(C(=O)/C(C(=O)OC)=C(\C(=O)OC)c1ccc(O)c(O)c1)C(O)C(=O)O)=C(/C(=O)OC)c1ccc(O)c(O)c1. The molecule has 0 saturated carbocycles. The van der Waals surface area contributed by atoms with Gasteiger partial charge in [-0.1, -0.05) is 12.1 Å². The number of hydrogen-bond donors (Lipinski definition) is 7. The number of carboxylic acids is 1. The highest BCUT2D eigenvalue weighted by Crippen LogP contribution is 2.36. The van der Waals surface area contributed by atoms with Crippen molar-refractivity contribution < 1.29 is 88.3 Å². The van der Waals surface area contributed by atoms with Crippen LogP contribution in [0.3, 0.4) is 0 Å². The maximum absolute atomic E-state index is 14.1. The molecule has 0 saturated heterocycles. The summed E-state index contributed by atoms with van der Waals surface area (Å²) >= 11 is 0. The Morgan fingerprint density at radius 2 is 0.894 bits per heavy atom. The number of esters is 4. The van der Waals surface area contributed by atoms with Gasteiger partial charge in [-0.2, -0.15) is 0 Å². The second-order valence-electron chi connectivity index (χ2n) is 9.04. The lowest BCUT2D eigenvalue weighted by Crippen LogP contribution is -2.61. The van der Waals surface area contributed by atoms with Crippen LogP contribution < -0.4 is 0 Å². The van der Waals surface area contributed by atoms with Gasteiger partial charge in [0.15, 0.2) is 29.1 Å². The zero-order valence-corrected chi connectivity index (χ0v) is 24.7. The van der Waals surface area contributed by atoms with Crippen molar-refractivity contribution in [2.45, 2.75) is 11.7 Å². The van der Waals surface area contributed by atoms with Gasteiger partial charge in [0.2, 0.25) is 17.2 Å². The largest absolute Gasteiger partial charge is 0.504 e. The third-order valence-corrected chi connectivity index (χ3v) is 6.36. The van der Waals surface area contributed by atoms with Crippen molar-refractivity contribution in [2.24, 2.45) is 0 Å². The minimum atomic E-state index is -4.50. The summed E-state index contributed by atoms with van der Waals surface area (Å²) in [5.74, 6) is -17.7. The van der Waals surface area contributed by atoms with E-state index in [0.717, 1.165) is 38.5 Å². The van der Waals surface area contributed by atoms with E-state index >= 15 is 0 Å². The number of phenolic OH excluding ortho intramolecular Hbond substituents is 4. The average Bonchev–Trinajstić information content (AvgIpc) is 3.05. The lowest BCUT2D eigenvalue weighted by Gasteiger charge is -2.29. The summed E-state index contributed by atoms with van der Waals surface area (Å²) in [6, 6.07) is 4.42. The molecule has 18 heteroatoms. The number of aliphatic hydroxyl groups is 2. The van der Waals surface area contributed by atoms with Gasteiger partial charge in [0.05, 0.1) is 39.6 Å². The fraction of sp³-hybridized carbons (Fsp3) is 0.207. The van der Waals surface area contributed by atoms with Crippen LogP contribution >= 0.6 is 0 Å². The molecule has 7 N–H and O–H groups in total. The summed E-state index contributed by atoms with van der Waals surface area (Å²) < 4.78 is 18.2. The fourth-order valence-corrected chi connectivity index (χ4v) is 4.02. The van der Waals surface area contributed by atoms with Gasteiger partial charge in [-0.15, -0.1) is 0 Å². The van der Waals surface area contributed by atoms with E-state index in [2.05, 4.69) is 18.9 Å². The maximum Gasteiger partial charge on any atom is 0.342 e. The summed E-state index contributed by atoms with van der Waals surface area (Å²) in [7, 11) is 2.75. The monoisotopic (exact) mass is 662 g/mol. The fourth-order valence-electron chi connectivity index (χ4n) is 4.02. The first-order valence-electron chi connectivity index (χ1n) is 12.5. The number of carboxylic acid groups (broad SMARTS) is 1. The molecule has 0 fully saturated rings. The van der Waals surface area contributed by atoms with Crippen LogP contribution in [0.2, 0.25) is 0 Å². The van der Waals surface area contributed by atoms with Crippen molar-refractivity contribution in [3.05, 3.63) is 58.7 Å². The molecule has 2 rings (SSSR count). The smallest absolute Gasteiger partial charge is 0.342 e. The first-order valence-corrected chi connectivity index (χ1v) is 12.5. The maximum atomic E-state index is 14.1. The number of carbonyl (C=O) groups excluding carboxylic acids is 6. The minimum absolute atomic E-state index is 0.610. The molecule has 0 spiro atoms. The molecule has 0 amide bonds. The van der Waals surface area contributed by atoms with Gasteiger partial charge in [0.25, 0.3) is 0 Å². The number of Topliss-reactive ketones (excluding diaryl/α,β-unsaturated/α-hetero) is 2. The minimum Gasteiger partial charge on any atom is -0.504 e. The summed E-state index contributed by atoms with van der Waals surface area (Å²) in [5.41, 5.74) is -11.6. The number of carbonyl (C=O) groups is 7. The molecular weight excluding hydrogens is 636 g/mol. The van der Waals surface area contributed by atoms with E-state index in [1.165, 1.54) is 0 Å². The van der Waals surface area contributed by atoms with Gasteiger partial charge >= 0.3 is 29.8 Å². The Kier molecular flexibility index (Phi) is 11.5. The van der Waals surface area contributed by atoms with Crippen LogP contribution in [-0.2, 0) is 52.5 Å². The molecule has 0 aliphatic rings. The molecule has 1 atom stereocenters. The third kappa shape index (κ3) is 7.02. The van der Waals surface area contributed by atoms with E-state index in [0.29, 0.717) is 26.4 Å². The summed E-state index contributed by atoms with van der Waals surface area (Å²) in [4.78, 5) is 92.2. The molecule has 0 radical (unpaired) electrons. The molecule has 18 nitrogen and oxygen atoms in total. The number of ether oxygens (including phenoxy) is 4. The number of benzene rings is 2. The Morgan fingerprint density at radius 3 is 1.15 bits per heavy atom. The van der Waals surface area contributed by atoms with Gasteiger partial charge in [-0.25, -0.2) is 24.0 Å². The summed E-state index contributed by atoms with van der Waals surface area (Å²) in [5, 5.41) is 71.3. The van der Waals surface area contributed by atoms with Crippen LogP contribution in [0.25, 0.3) is 11.1 Å². The standard InChI is InChI=1S/C29H26O18/c1-44-25(39)17(11-5-7-13(30)15(32)9-11)19(27(41)46-3)21(34)29(43,23(36)24(37)38)22(35)20(28(42)47-4)18(26(40)45-2)12-6-8-14(31)16(33)10-12/h5-10,23,30-33,36,43H,1-4H3,(H,37,38)/b19-17+,20-18+. The van der Waals surface area contributed by atoms with Crippen LogP contribution in [0.5, 0.6) is 23.0 Å². The highest BCUT2D eigenvalue weighted by Gasteiger charge is 2.59. The molecule has 250 valence electrons. The molecule has 2 aromatic carbocycles. The zero-order chi connectivity index (χ0) is 36.0. The van der Waals surface area contributed by atoms with Gasteiger partial charge in [-0.3, -0.25) is 9.59 Å². The van der Waals surface area contributed by atoms with Crippen LogP contribution in [0.15, 0.2) is 47.5 Å². The molecule has 0 bridgehead atoms. The number of aromatic hydroxyl groups is 4. The van der Waals surface area contributed by atoms with E-state index in [1.807, 2.05) is 0 Å². The second-order valence-corrected chi connectivity index (χ2v) is 9.04. The molecule has 0 aliphatic heterocycles. The first-order chi connectivity index (χ1) is 21.9. The predicted molar refractivity (Wildman–Crippen MR) is 150 cm³/mol. The van der Waals surface area contributed by atoms with Crippen LogP contribution in [0, 0.1) is 0 Å². The Hall–Kier alpha value is -6.27. The second kappa shape index (κ2) is 14.7. The van der Waals surface area contributed by atoms with Gasteiger partial charge in [0, 0.05) is 0 Å². The van der Waals surface area contributed by atoms with Gasteiger partial charge in [-0.05, 0) is 35.4 Å². The average molecular weight is 663 g/mol. The molecule has 0 aliphatic carbocycles. The van der Waals surface area contributed by atoms with E-state index in [1.54, 1.807) is 0 Å². The number of phenols is 4. The van der Waals surface area contributed by atoms with E-state index in [9.17, 15) is 69.3 Å². The topological polar surface area (TPSA) is 298 Å². The lowest BCUT2D eigenvalue weighted by molar-refractivity contribution is -0.174. The summed E-state index contributed by atoms with van der Waals surface area (Å²) in [6.45, 7) is 0. The lowest BCUT2D eigenvalue weighted by atomic mass is 9.77. The van der Waals surface area contributed by atoms with Crippen molar-refractivity contribution in [1.82, 2.24) is 0 Å². The highest BCUT2D eigenvalue weighted by atomic mass is 16.5. The number of hydrogen-bond acceptors (Lipinski definition) is 17. The van der Waals surface area contributed by atoms with E-state index in [-0.39, 0.29) is 0 Å². The number of ketones is 2. The number of methoxy groups -OCH3 is 4. The normalized spacial score (nSPS) is 13.8. The van der Waals surface area contributed by atoms with Crippen molar-refractivity contribution in [1.29, 1.82) is 0 Å². The number of rotatable bonds is 12. The van der Waals surface area contributed by atoms with Gasteiger partial charge < -0.3 is 54.7 Å². The Bertz CT molecular complexity index is 1620. The molecule has 2 aromatic rings. The molecule has 1 unspecified atom stereocenters. The van der Waals surface area contributed by atoms with Crippen LogP contribution in [0.1, 0.15) is 11.1 Å². The van der Waals surface area contributed by atoms with E-state index < -0.39 is 110 Å². The molecule has 47 heavy (non-hydrogen) atoms. The van der Waals surface area contributed by atoms with Gasteiger partial charge in [0.1, 0.15) is 11.1 Å². The van der Waals surface area contributed by atoms with Crippen LogP contribution in [0.4, 0.5) is 0 Å². The zero-order valence-electron chi connectivity index (χ0n) is 24.7. The van der Waals surface area contributed by atoms with Crippen molar-refractivity contribution in [2.75, 3.05) is 28.4 Å². The summed E-state index contributed by atoms with van der Waals surface area (Å²) in [6.07, 6.45) is -3.58. The van der Waals surface area contributed by atoms with Crippen molar-refractivity contribution >= 4 is 52.6 Å². The molecule has 0 heterocycles. The van der Waals surface area contributed by atoms with Crippen molar-refractivity contribution in [3.63, 3.8) is 0 Å².